The fourth-order valence-electron chi connectivity index (χ4n) is 4.16. The number of amides is 3. The van der Waals surface area contributed by atoms with Gasteiger partial charge in [-0.2, -0.15) is 0 Å². The maximum atomic E-state index is 13.3. The molecule has 3 amide bonds. The predicted octanol–water partition coefficient (Wildman–Crippen LogP) is 7.91. The van der Waals surface area contributed by atoms with Gasteiger partial charge in [0.2, 0.25) is 5.91 Å². The first-order valence-electron chi connectivity index (χ1n) is 13.5. The van der Waals surface area contributed by atoms with Crippen molar-refractivity contribution in [1.82, 2.24) is 10.3 Å². The summed E-state index contributed by atoms with van der Waals surface area (Å²) >= 11 is 8.94. The van der Waals surface area contributed by atoms with Crippen molar-refractivity contribution < 1.29 is 14.4 Å². The number of carbonyl (C=O) groups is 3. The summed E-state index contributed by atoms with van der Waals surface area (Å²) in [6.07, 6.45) is 1.57. The zero-order chi connectivity index (χ0) is 30.9. The van der Waals surface area contributed by atoms with Crippen molar-refractivity contribution in [2.45, 2.75) is 11.8 Å². The fourth-order valence-corrected chi connectivity index (χ4v) is 5.91. The third-order valence-electron chi connectivity index (χ3n) is 6.26. The Morgan fingerprint density at radius 1 is 0.864 bits per heavy atom. The molecule has 1 aromatic heterocycles. The van der Waals surface area contributed by atoms with Crippen LogP contribution in [0.1, 0.15) is 20.8 Å². The largest absolute Gasteiger partial charge is 0.321 e. The van der Waals surface area contributed by atoms with E-state index in [1.807, 2.05) is 55.5 Å². The average Bonchev–Trinajstić information content (AvgIpc) is 3.40. The van der Waals surface area contributed by atoms with Crippen molar-refractivity contribution in [2.24, 2.45) is 0 Å². The van der Waals surface area contributed by atoms with Gasteiger partial charge in [0.15, 0.2) is 5.13 Å². The quantitative estimate of drug-likeness (QED) is 0.107. The monoisotopic (exact) mass is 638 g/mol. The van der Waals surface area contributed by atoms with Crippen LogP contribution in [0.2, 0.25) is 5.02 Å². The van der Waals surface area contributed by atoms with Crippen LogP contribution in [0, 0.1) is 6.92 Å². The lowest BCUT2D eigenvalue weighted by molar-refractivity contribution is -0.114. The topological polar surface area (TPSA) is 100 Å². The number of benzene rings is 4. The Kier molecular flexibility index (Phi) is 10.2. The highest BCUT2D eigenvalue weighted by Crippen LogP contribution is 2.30. The van der Waals surface area contributed by atoms with Gasteiger partial charge in [-0.25, -0.2) is 4.98 Å². The molecule has 7 nitrogen and oxygen atoms in total. The van der Waals surface area contributed by atoms with E-state index in [1.165, 1.54) is 23.1 Å². The van der Waals surface area contributed by atoms with E-state index >= 15 is 0 Å². The molecule has 0 aliphatic heterocycles. The van der Waals surface area contributed by atoms with Crippen LogP contribution >= 0.6 is 34.7 Å². The van der Waals surface area contributed by atoms with Gasteiger partial charge in [-0.05, 0) is 67.1 Å². The Morgan fingerprint density at radius 2 is 1.57 bits per heavy atom. The molecule has 0 unspecified atom stereocenters. The molecule has 5 rings (SSSR count). The second-order valence-electron chi connectivity index (χ2n) is 9.54. The second kappa shape index (κ2) is 14.7. The molecule has 0 spiro atoms. The number of thioether (sulfide) groups is 1. The molecule has 0 atom stereocenters. The summed E-state index contributed by atoms with van der Waals surface area (Å²) < 4.78 is 0. The third-order valence-corrected chi connectivity index (χ3v) is 8.39. The molecule has 1 heterocycles. The second-order valence-corrected chi connectivity index (χ2v) is 12.2. The lowest BCUT2D eigenvalue weighted by Crippen LogP contribution is -2.30. The maximum absolute atomic E-state index is 13.3. The number of halogens is 1. The summed E-state index contributed by atoms with van der Waals surface area (Å²) in [7, 11) is 0. The standard InChI is InChI=1S/C34H27ClN4O3S2/c1-22-31(24-10-4-2-5-11-24)39-34(44-22)38-30(40)21-43-28-17-15-27(16-18-28)36-33(42)29(20-23-9-8-14-26(35)19-23)37-32(41)25-12-6-3-7-13-25/h2-20H,21H2,1H3,(H,36,42)(H,37,41)(H,38,39,40)/b29-20-. The smallest absolute Gasteiger partial charge is 0.272 e. The number of hydrogen-bond donors (Lipinski definition) is 3. The normalized spacial score (nSPS) is 11.1. The minimum Gasteiger partial charge on any atom is -0.321 e. The Labute approximate surface area is 268 Å². The molecule has 0 radical (unpaired) electrons. The number of thiazole rings is 1. The molecular weight excluding hydrogens is 612 g/mol. The lowest BCUT2D eigenvalue weighted by Gasteiger charge is -2.12. The minimum absolute atomic E-state index is 0.0593. The highest BCUT2D eigenvalue weighted by molar-refractivity contribution is 8.00. The van der Waals surface area contributed by atoms with Crippen LogP contribution in [0.15, 0.2) is 120 Å². The molecule has 4 aromatic carbocycles. The van der Waals surface area contributed by atoms with E-state index in [9.17, 15) is 14.4 Å². The van der Waals surface area contributed by atoms with Crippen molar-refractivity contribution in [1.29, 1.82) is 0 Å². The van der Waals surface area contributed by atoms with Gasteiger partial charge in [0.05, 0.1) is 11.4 Å². The Bertz CT molecular complexity index is 1810. The Hall–Kier alpha value is -4.70. The Morgan fingerprint density at radius 3 is 2.27 bits per heavy atom. The first-order chi connectivity index (χ1) is 21.3. The van der Waals surface area contributed by atoms with E-state index in [1.54, 1.807) is 66.7 Å². The zero-order valence-corrected chi connectivity index (χ0v) is 25.9. The number of hydrogen-bond acceptors (Lipinski definition) is 6. The Balaban J connectivity index is 1.20. The van der Waals surface area contributed by atoms with Gasteiger partial charge in [-0.3, -0.25) is 14.4 Å². The molecule has 0 bridgehead atoms. The van der Waals surface area contributed by atoms with Gasteiger partial charge >= 0.3 is 0 Å². The van der Waals surface area contributed by atoms with Crippen molar-refractivity contribution in [3.05, 3.63) is 136 Å². The number of carbonyl (C=O) groups excluding carboxylic acids is 3. The molecule has 10 heteroatoms. The van der Waals surface area contributed by atoms with Crippen molar-refractivity contribution in [3.63, 3.8) is 0 Å². The molecule has 44 heavy (non-hydrogen) atoms. The van der Waals surface area contributed by atoms with Gasteiger partial charge < -0.3 is 16.0 Å². The molecule has 0 saturated heterocycles. The highest BCUT2D eigenvalue weighted by atomic mass is 35.5. The number of rotatable bonds is 10. The van der Waals surface area contributed by atoms with Crippen LogP contribution in [-0.2, 0) is 9.59 Å². The van der Waals surface area contributed by atoms with E-state index in [0.717, 1.165) is 21.0 Å². The number of aromatic nitrogens is 1. The molecule has 3 N–H and O–H groups in total. The lowest BCUT2D eigenvalue weighted by atomic mass is 10.1. The van der Waals surface area contributed by atoms with Crippen LogP contribution in [0.25, 0.3) is 17.3 Å². The molecule has 0 aliphatic rings. The summed E-state index contributed by atoms with van der Waals surface area (Å²) in [6.45, 7) is 1.98. The van der Waals surface area contributed by atoms with Crippen LogP contribution in [0.4, 0.5) is 10.8 Å². The fraction of sp³-hybridized carbons (Fsp3) is 0.0588. The van der Waals surface area contributed by atoms with Gasteiger partial charge in [0.1, 0.15) is 5.70 Å². The predicted molar refractivity (Wildman–Crippen MR) is 180 cm³/mol. The number of nitrogens with zero attached hydrogens (tertiary/aromatic N) is 1. The summed E-state index contributed by atoms with van der Waals surface area (Å²) in [5.41, 5.74) is 3.54. The van der Waals surface area contributed by atoms with Crippen LogP contribution in [-0.4, -0.2) is 28.5 Å². The van der Waals surface area contributed by atoms with Gasteiger partial charge in [-0.15, -0.1) is 23.1 Å². The maximum Gasteiger partial charge on any atom is 0.272 e. The number of aryl methyl sites for hydroxylation is 1. The van der Waals surface area contributed by atoms with Crippen molar-refractivity contribution in [3.8, 4) is 11.3 Å². The summed E-state index contributed by atoms with van der Waals surface area (Å²) in [5, 5.41) is 9.50. The molecular formula is C34H27ClN4O3S2. The molecule has 0 fully saturated rings. The molecule has 0 saturated carbocycles. The zero-order valence-electron chi connectivity index (χ0n) is 23.5. The van der Waals surface area contributed by atoms with Crippen LogP contribution in [0.5, 0.6) is 0 Å². The van der Waals surface area contributed by atoms with Crippen LogP contribution in [0.3, 0.4) is 0 Å². The van der Waals surface area contributed by atoms with E-state index in [0.29, 0.717) is 27.0 Å². The third kappa shape index (κ3) is 8.44. The van der Waals surface area contributed by atoms with Crippen LogP contribution < -0.4 is 16.0 Å². The minimum atomic E-state index is -0.498. The van der Waals surface area contributed by atoms with Crippen molar-refractivity contribution >= 4 is 69.3 Å². The van der Waals surface area contributed by atoms with E-state index < -0.39 is 11.8 Å². The first-order valence-corrected chi connectivity index (χ1v) is 15.7. The summed E-state index contributed by atoms with van der Waals surface area (Å²) in [4.78, 5) is 45.2. The molecule has 5 aromatic rings. The van der Waals surface area contributed by atoms with E-state index in [4.69, 9.17) is 11.6 Å². The summed E-state index contributed by atoms with van der Waals surface area (Å²) in [6, 6.07) is 32.6. The number of anilines is 2. The van der Waals surface area contributed by atoms with Gasteiger partial charge in [0.25, 0.3) is 11.8 Å². The SMILES string of the molecule is Cc1sc(NC(=O)CSc2ccc(NC(=O)/C(=C/c3cccc(Cl)c3)NC(=O)c3ccccc3)cc2)nc1-c1ccccc1. The molecule has 220 valence electrons. The van der Waals surface area contributed by atoms with E-state index in [2.05, 4.69) is 20.9 Å². The highest BCUT2D eigenvalue weighted by Gasteiger charge is 2.16. The number of nitrogens with one attached hydrogen (secondary N) is 3. The first kappa shape index (κ1) is 30.7. The van der Waals surface area contributed by atoms with Gasteiger partial charge in [-0.1, -0.05) is 72.3 Å². The van der Waals surface area contributed by atoms with Crippen molar-refractivity contribution in [2.75, 3.05) is 16.4 Å². The molecule has 0 aliphatic carbocycles. The van der Waals surface area contributed by atoms with Gasteiger partial charge in [0, 0.05) is 31.6 Å². The summed E-state index contributed by atoms with van der Waals surface area (Å²) in [5.74, 6) is -0.875. The van der Waals surface area contributed by atoms with E-state index in [-0.39, 0.29) is 17.4 Å². The average molecular weight is 639 g/mol.